The monoisotopic (exact) mass is 268 g/mol. The predicted octanol–water partition coefficient (Wildman–Crippen LogP) is 3.07. The van der Waals surface area contributed by atoms with Crippen molar-refractivity contribution in [3.05, 3.63) is 0 Å². The molecule has 2 rings (SSSR count). The van der Waals surface area contributed by atoms with Crippen molar-refractivity contribution in [3.8, 4) is 0 Å². The highest BCUT2D eigenvalue weighted by Gasteiger charge is 2.53. The smallest absolute Gasteiger partial charge is 0.281 e. The van der Waals surface area contributed by atoms with E-state index >= 15 is 0 Å². The van der Waals surface area contributed by atoms with Gasteiger partial charge in [-0.25, -0.2) is 0 Å². The van der Waals surface area contributed by atoms with Crippen molar-refractivity contribution in [1.82, 2.24) is 0 Å². The van der Waals surface area contributed by atoms with E-state index in [-0.39, 0.29) is 18.8 Å². The molecule has 2 aliphatic rings. The molecule has 2 saturated carbocycles. The first kappa shape index (κ1) is 13.2. The quantitative estimate of drug-likeness (QED) is 0.783. The Morgan fingerprint density at radius 2 is 1.59 bits per heavy atom. The number of rotatable bonds is 2. The molecule has 0 aliphatic heterocycles. The predicted molar refractivity (Wildman–Crippen MR) is 59.3 cm³/mol. The summed E-state index contributed by atoms with van der Waals surface area (Å²) in [5.41, 5.74) is 0. The Labute approximate surface area is 100 Å². The lowest BCUT2D eigenvalue weighted by molar-refractivity contribution is -0.0269. The zero-order chi connectivity index (χ0) is 12.7. The van der Waals surface area contributed by atoms with Crippen molar-refractivity contribution < 1.29 is 21.8 Å². The maximum Gasteiger partial charge on any atom is 0.372 e. The maximum atomic E-state index is 13.5. The van der Waals surface area contributed by atoms with Gasteiger partial charge in [0.15, 0.2) is 0 Å². The summed E-state index contributed by atoms with van der Waals surface area (Å²) in [6.45, 7) is 0. The number of hydrogen-bond donors (Lipinski definition) is 1. The third-order valence-corrected chi connectivity index (χ3v) is 5.38. The lowest BCUT2D eigenvalue weighted by Gasteiger charge is -2.40. The van der Waals surface area contributed by atoms with Crippen LogP contribution in [0, 0.1) is 17.8 Å². The maximum absolute atomic E-state index is 13.5. The van der Waals surface area contributed by atoms with Gasteiger partial charge < -0.3 is 0 Å². The van der Waals surface area contributed by atoms with Crippen LogP contribution >= 0.6 is 0 Å². The van der Waals surface area contributed by atoms with Crippen molar-refractivity contribution in [2.45, 2.75) is 50.2 Å². The summed E-state index contributed by atoms with van der Waals surface area (Å²) in [7, 11) is -5.27. The van der Waals surface area contributed by atoms with Crippen LogP contribution in [0.2, 0.25) is 0 Å². The number of hydrogen-bond acceptors (Lipinski definition) is 2. The molecule has 0 aromatic heterocycles. The van der Waals surface area contributed by atoms with Crippen molar-refractivity contribution in [2.24, 2.45) is 17.8 Å². The molecule has 0 amide bonds. The molecule has 2 aliphatic carbocycles. The summed E-state index contributed by atoms with van der Waals surface area (Å²) >= 11 is 0. The fourth-order valence-corrected chi connectivity index (χ4v) is 4.02. The molecule has 3 nitrogen and oxygen atoms in total. The van der Waals surface area contributed by atoms with Crippen LogP contribution in [0.3, 0.4) is 0 Å². The van der Waals surface area contributed by atoms with Crippen LogP contribution in [0.25, 0.3) is 0 Å². The van der Waals surface area contributed by atoms with Gasteiger partial charge in [-0.15, -0.1) is 0 Å². The fraction of sp³-hybridized carbons (Fsp3) is 1.00. The lowest BCUT2D eigenvalue weighted by Crippen LogP contribution is -2.42. The molecule has 0 spiro atoms. The van der Waals surface area contributed by atoms with Crippen molar-refractivity contribution in [1.29, 1.82) is 0 Å². The second-order valence-electron chi connectivity index (χ2n) is 5.35. The van der Waals surface area contributed by atoms with Crippen LogP contribution in [-0.4, -0.2) is 18.2 Å². The summed E-state index contributed by atoms with van der Waals surface area (Å²) in [5.74, 6) is -0.510. The molecular formula is C11H18F2O3S. The second-order valence-corrected chi connectivity index (χ2v) is 6.85. The minimum Gasteiger partial charge on any atom is -0.281 e. The number of alkyl halides is 2. The summed E-state index contributed by atoms with van der Waals surface area (Å²) in [4.78, 5) is 0. The van der Waals surface area contributed by atoms with Gasteiger partial charge in [-0.05, 0) is 31.1 Å². The third kappa shape index (κ3) is 2.47. The molecule has 0 aromatic carbocycles. The van der Waals surface area contributed by atoms with Gasteiger partial charge in [0, 0.05) is 5.92 Å². The fourth-order valence-electron chi connectivity index (χ4n) is 3.39. The summed E-state index contributed by atoms with van der Waals surface area (Å²) in [6, 6.07) is 0. The van der Waals surface area contributed by atoms with Crippen LogP contribution in [0.4, 0.5) is 8.78 Å². The van der Waals surface area contributed by atoms with E-state index in [2.05, 4.69) is 0 Å². The van der Waals surface area contributed by atoms with Gasteiger partial charge in [0.25, 0.3) is 0 Å². The Balaban J connectivity index is 2.10. The summed E-state index contributed by atoms with van der Waals surface area (Å²) < 4.78 is 57.1. The molecule has 6 heteroatoms. The van der Waals surface area contributed by atoms with Crippen LogP contribution in [0.1, 0.15) is 44.9 Å². The van der Waals surface area contributed by atoms with Crippen LogP contribution in [-0.2, 0) is 10.1 Å². The molecular weight excluding hydrogens is 250 g/mol. The first-order valence-corrected chi connectivity index (χ1v) is 7.61. The highest BCUT2D eigenvalue weighted by atomic mass is 32.2. The Morgan fingerprint density at radius 3 is 2.18 bits per heavy atom. The Bertz CT molecular complexity index is 380. The van der Waals surface area contributed by atoms with Gasteiger partial charge in [0.05, 0.1) is 0 Å². The van der Waals surface area contributed by atoms with Crippen molar-refractivity contribution in [2.75, 3.05) is 0 Å². The van der Waals surface area contributed by atoms with Gasteiger partial charge in [0.1, 0.15) is 0 Å². The number of fused-ring (bicyclic) bond motifs is 1. The Hall–Kier alpha value is -0.230. The van der Waals surface area contributed by atoms with Gasteiger partial charge >= 0.3 is 15.4 Å². The molecule has 3 unspecified atom stereocenters. The zero-order valence-electron chi connectivity index (χ0n) is 9.61. The van der Waals surface area contributed by atoms with E-state index in [9.17, 15) is 17.2 Å². The first-order chi connectivity index (χ1) is 7.82. The lowest BCUT2D eigenvalue weighted by atomic mass is 9.67. The van der Waals surface area contributed by atoms with Crippen molar-refractivity contribution >= 4 is 10.1 Å². The van der Waals surface area contributed by atoms with E-state index < -0.39 is 21.3 Å². The van der Waals surface area contributed by atoms with Gasteiger partial charge in [-0.2, -0.15) is 17.2 Å². The van der Waals surface area contributed by atoms with E-state index in [1.54, 1.807) is 0 Å². The Morgan fingerprint density at radius 1 is 1.00 bits per heavy atom. The third-order valence-electron chi connectivity index (χ3n) is 4.36. The van der Waals surface area contributed by atoms with Crippen molar-refractivity contribution in [3.63, 3.8) is 0 Å². The highest BCUT2D eigenvalue weighted by molar-refractivity contribution is 7.86. The zero-order valence-corrected chi connectivity index (χ0v) is 10.4. The minimum atomic E-state index is -5.27. The van der Waals surface area contributed by atoms with E-state index in [0.29, 0.717) is 12.3 Å². The minimum absolute atomic E-state index is 0.202. The van der Waals surface area contributed by atoms with Crippen LogP contribution < -0.4 is 0 Å². The largest absolute Gasteiger partial charge is 0.372 e. The topological polar surface area (TPSA) is 54.4 Å². The molecule has 0 saturated heterocycles. The van der Waals surface area contributed by atoms with E-state index in [0.717, 1.165) is 25.7 Å². The molecule has 3 atom stereocenters. The standard InChI is InChI=1S/C11H18F2O3S/c12-11(13,17(14,15)16)10-6-5-8-3-1-2-4-9(8)7-10/h8-10H,1-7H2,(H,14,15,16). The van der Waals surface area contributed by atoms with Crippen LogP contribution in [0.15, 0.2) is 0 Å². The van der Waals surface area contributed by atoms with Gasteiger partial charge in [-0.1, -0.05) is 25.7 Å². The van der Waals surface area contributed by atoms with Gasteiger partial charge in [0.2, 0.25) is 0 Å². The molecule has 0 aromatic rings. The van der Waals surface area contributed by atoms with E-state index in [4.69, 9.17) is 4.55 Å². The molecule has 0 radical (unpaired) electrons. The number of halogens is 2. The SMILES string of the molecule is O=S(=O)(O)C(F)(F)C1CCC2CCCCC2C1. The normalized spacial score (nSPS) is 35.4. The van der Waals surface area contributed by atoms with E-state index in [1.165, 1.54) is 0 Å². The average Bonchev–Trinajstić information content (AvgIpc) is 2.27. The summed E-state index contributed by atoms with van der Waals surface area (Å²) in [5, 5.41) is -3.98. The molecule has 1 N–H and O–H groups in total. The van der Waals surface area contributed by atoms with Crippen LogP contribution in [0.5, 0.6) is 0 Å². The molecule has 0 bridgehead atoms. The Kier molecular flexibility index (Phi) is 3.47. The van der Waals surface area contributed by atoms with E-state index in [1.807, 2.05) is 0 Å². The first-order valence-electron chi connectivity index (χ1n) is 6.17. The molecule has 2 fully saturated rings. The molecule has 100 valence electrons. The molecule has 0 heterocycles. The average molecular weight is 268 g/mol. The summed E-state index contributed by atoms with van der Waals surface area (Å²) in [6.07, 6.45) is 5.30. The van der Waals surface area contributed by atoms with Gasteiger partial charge in [-0.3, -0.25) is 4.55 Å². The molecule has 17 heavy (non-hydrogen) atoms. The second kappa shape index (κ2) is 4.46. The highest BCUT2D eigenvalue weighted by Crippen LogP contribution is 2.48.